The third-order valence-electron chi connectivity index (χ3n) is 3.20. The molecule has 2 aromatic carbocycles. The maximum absolute atomic E-state index is 10.2. The summed E-state index contributed by atoms with van der Waals surface area (Å²) in [7, 11) is 0. The maximum Gasteiger partial charge on any atom is 0.150 e. The highest BCUT2D eigenvalue weighted by molar-refractivity contribution is 5.42. The summed E-state index contributed by atoms with van der Waals surface area (Å²) >= 11 is 0. The van der Waals surface area contributed by atoms with Gasteiger partial charge < -0.3 is 14.9 Å². The van der Waals surface area contributed by atoms with Crippen LogP contribution in [0.5, 0.6) is 11.5 Å². The van der Waals surface area contributed by atoms with E-state index in [-0.39, 0.29) is 11.9 Å². The van der Waals surface area contributed by atoms with Crippen LogP contribution in [-0.2, 0) is 6.42 Å². The Balaban J connectivity index is 1.95. The molecule has 3 nitrogen and oxygen atoms in total. The third kappa shape index (κ3) is 1.93. The lowest BCUT2D eigenvalue weighted by molar-refractivity contribution is 0.0207. The maximum atomic E-state index is 10.2. The molecular formula is C15H14O3. The SMILES string of the molecule is Oc1ccc2c(c1)CC(O)C(c1ccccc1)O2. The molecule has 1 aliphatic heterocycles. The van der Waals surface area contributed by atoms with Crippen LogP contribution in [0.4, 0.5) is 0 Å². The van der Waals surface area contributed by atoms with Gasteiger partial charge in [-0.2, -0.15) is 0 Å². The topological polar surface area (TPSA) is 49.7 Å². The van der Waals surface area contributed by atoms with Crippen LogP contribution in [0.1, 0.15) is 17.2 Å². The van der Waals surface area contributed by atoms with E-state index < -0.39 is 6.10 Å². The summed E-state index contributed by atoms with van der Waals surface area (Å²) in [6, 6.07) is 14.7. The quantitative estimate of drug-likeness (QED) is 0.807. The van der Waals surface area contributed by atoms with Gasteiger partial charge in [0.2, 0.25) is 0 Å². The molecule has 3 rings (SSSR count). The molecule has 0 saturated carbocycles. The predicted octanol–water partition coefficient (Wildman–Crippen LogP) is 2.43. The van der Waals surface area contributed by atoms with Gasteiger partial charge in [-0.25, -0.2) is 0 Å². The van der Waals surface area contributed by atoms with E-state index in [4.69, 9.17) is 4.74 Å². The van der Waals surface area contributed by atoms with Crippen molar-refractivity contribution in [3.8, 4) is 11.5 Å². The molecule has 2 N–H and O–H groups in total. The average molecular weight is 242 g/mol. The second-order valence-corrected chi connectivity index (χ2v) is 4.51. The molecule has 0 spiro atoms. The smallest absolute Gasteiger partial charge is 0.150 e. The van der Waals surface area contributed by atoms with Crippen molar-refractivity contribution < 1.29 is 14.9 Å². The summed E-state index contributed by atoms with van der Waals surface area (Å²) in [4.78, 5) is 0. The van der Waals surface area contributed by atoms with Gasteiger partial charge in [-0.05, 0) is 23.8 Å². The van der Waals surface area contributed by atoms with Gasteiger partial charge in [0.1, 0.15) is 17.6 Å². The number of phenolic OH excluding ortho intramolecular Hbond substituents is 1. The van der Waals surface area contributed by atoms with Gasteiger partial charge in [0.05, 0.1) is 6.10 Å². The molecule has 1 heterocycles. The first-order valence-corrected chi connectivity index (χ1v) is 5.95. The van der Waals surface area contributed by atoms with Gasteiger partial charge in [0.15, 0.2) is 0 Å². The number of aliphatic hydroxyl groups excluding tert-OH is 1. The van der Waals surface area contributed by atoms with Crippen LogP contribution in [-0.4, -0.2) is 16.3 Å². The lowest BCUT2D eigenvalue weighted by Gasteiger charge is -2.30. The minimum atomic E-state index is -0.596. The number of benzene rings is 2. The highest BCUT2D eigenvalue weighted by Crippen LogP contribution is 2.36. The Morgan fingerprint density at radius 2 is 1.83 bits per heavy atom. The van der Waals surface area contributed by atoms with Crippen molar-refractivity contribution in [2.75, 3.05) is 0 Å². The molecule has 0 radical (unpaired) electrons. The van der Waals surface area contributed by atoms with Crippen molar-refractivity contribution in [1.29, 1.82) is 0 Å². The van der Waals surface area contributed by atoms with Crippen LogP contribution in [0.15, 0.2) is 48.5 Å². The molecule has 3 heteroatoms. The highest BCUT2D eigenvalue weighted by atomic mass is 16.5. The Kier molecular flexibility index (Phi) is 2.68. The summed E-state index contributed by atoms with van der Waals surface area (Å²) in [6.07, 6.45) is -0.450. The lowest BCUT2D eigenvalue weighted by Crippen LogP contribution is -2.30. The number of phenols is 1. The van der Waals surface area contributed by atoms with Gasteiger partial charge in [-0.1, -0.05) is 30.3 Å². The molecular weight excluding hydrogens is 228 g/mol. The van der Waals surface area contributed by atoms with E-state index in [1.165, 1.54) is 0 Å². The lowest BCUT2D eigenvalue weighted by atomic mass is 9.95. The fourth-order valence-electron chi connectivity index (χ4n) is 2.32. The molecule has 2 atom stereocenters. The van der Waals surface area contributed by atoms with E-state index in [1.807, 2.05) is 30.3 Å². The number of hydrogen-bond donors (Lipinski definition) is 2. The molecule has 0 amide bonds. The second kappa shape index (κ2) is 4.35. The highest BCUT2D eigenvalue weighted by Gasteiger charge is 2.29. The van der Waals surface area contributed by atoms with E-state index >= 15 is 0 Å². The molecule has 0 bridgehead atoms. The normalized spacial score (nSPS) is 22.1. The predicted molar refractivity (Wildman–Crippen MR) is 67.6 cm³/mol. The minimum absolute atomic E-state index is 0.197. The summed E-state index contributed by atoms with van der Waals surface area (Å²) in [5, 5.41) is 19.6. The Morgan fingerprint density at radius 1 is 1.06 bits per heavy atom. The number of fused-ring (bicyclic) bond motifs is 1. The monoisotopic (exact) mass is 242 g/mol. The van der Waals surface area contributed by atoms with E-state index in [0.29, 0.717) is 6.42 Å². The Morgan fingerprint density at radius 3 is 2.61 bits per heavy atom. The number of aromatic hydroxyl groups is 1. The van der Waals surface area contributed by atoms with E-state index in [0.717, 1.165) is 16.9 Å². The number of hydrogen-bond acceptors (Lipinski definition) is 3. The van der Waals surface area contributed by atoms with Crippen LogP contribution in [0.3, 0.4) is 0 Å². The van der Waals surface area contributed by atoms with E-state index in [2.05, 4.69) is 0 Å². The summed E-state index contributed by atoms with van der Waals surface area (Å²) in [6.45, 7) is 0. The fraction of sp³-hybridized carbons (Fsp3) is 0.200. The molecule has 0 aromatic heterocycles. The number of ether oxygens (including phenoxy) is 1. The third-order valence-corrected chi connectivity index (χ3v) is 3.20. The summed E-state index contributed by atoms with van der Waals surface area (Å²) < 4.78 is 5.82. The molecule has 1 aliphatic rings. The largest absolute Gasteiger partial charge is 0.508 e. The van der Waals surface area contributed by atoms with Crippen LogP contribution in [0, 0.1) is 0 Å². The zero-order valence-electron chi connectivity index (χ0n) is 9.78. The van der Waals surface area contributed by atoms with E-state index in [9.17, 15) is 10.2 Å². The first kappa shape index (κ1) is 11.1. The molecule has 92 valence electrons. The van der Waals surface area contributed by atoms with Crippen molar-refractivity contribution in [2.24, 2.45) is 0 Å². The van der Waals surface area contributed by atoms with Gasteiger partial charge >= 0.3 is 0 Å². The van der Waals surface area contributed by atoms with Crippen LogP contribution in [0.25, 0.3) is 0 Å². The Bertz CT molecular complexity index is 551. The zero-order valence-corrected chi connectivity index (χ0v) is 9.78. The molecule has 0 saturated heterocycles. The van der Waals surface area contributed by atoms with Crippen molar-refractivity contribution in [1.82, 2.24) is 0 Å². The van der Waals surface area contributed by atoms with Crippen LogP contribution in [0.2, 0.25) is 0 Å². The van der Waals surface area contributed by atoms with E-state index in [1.54, 1.807) is 18.2 Å². The Hall–Kier alpha value is -2.00. The van der Waals surface area contributed by atoms with Crippen molar-refractivity contribution >= 4 is 0 Å². The van der Waals surface area contributed by atoms with Crippen molar-refractivity contribution in [3.05, 3.63) is 59.7 Å². The van der Waals surface area contributed by atoms with Crippen LogP contribution >= 0.6 is 0 Å². The first-order chi connectivity index (χ1) is 8.74. The molecule has 0 aliphatic carbocycles. The average Bonchev–Trinajstić information content (AvgIpc) is 2.39. The summed E-state index contributed by atoms with van der Waals surface area (Å²) in [5.74, 6) is 0.926. The molecule has 18 heavy (non-hydrogen) atoms. The standard InChI is InChI=1S/C15H14O3/c16-12-6-7-14-11(8-12)9-13(17)15(18-14)10-4-2-1-3-5-10/h1-8,13,15-17H,9H2. The van der Waals surface area contributed by atoms with Crippen molar-refractivity contribution in [3.63, 3.8) is 0 Å². The number of rotatable bonds is 1. The Labute approximate surface area is 105 Å². The molecule has 2 unspecified atom stereocenters. The number of aliphatic hydroxyl groups is 1. The molecule has 0 fully saturated rings. The van der Waals surface area contributed by atoms with Gasteiger partial charge in [-0.3, -0.25) is 0 Å². The van der Waals surface area contributed by atoms with Crippen LogP contribution < -0.4 is 4.74 Å². The zero-order chi connectivity index (χ0) is 12.5. The molecule has 2 aromatic rings. The van der Waals surface area contributed by atoms with Gasteiger partial charge in [0.25, 0.3) is 0 Å². The fourth-order valence-corrected chi connectivity index (χ4v) is 2.32. The van der Waals surface area contributed by atoms with Gasteiger partial charge in [-0.15, -0.1) is 0 Å². The second-order valence-electron chi connectivity index (χ2n) is 4.51. The van der Waals surface area contributed by atoms with Gasteiger partial charge in [0, 0.05) is 12.0 Å². The first-order valence-electron chi connectivity index (χ1n) is 5.95. The van der Waals surface area contributed by atoms with Crippen molar-refractivity contribution in [2.45, 2.75) is 18.6 Å². The minimum Gasteiger partial charge on any atom is -0.508 e. The summed E-state index contributed by atoms with van der Waals surface area (Å²) in [5.41, 5.74) is 1.80.